The maximum Gasteiger partial charge on any atom is 0.227 e. The number of nitrogens with zero attached hydrogens (tertiary/aromatic N) is 5. The fourth-order valence-electron chi connectivity index (χ4n) is 4.32. The highest BCUT2D eigenvalue weighted by atomic mass is 16.2. The number of carbonyl (C=O) groups excluding carboxylic acids is 2. The van der Waals surface area contributed by atoms with E-state index in [2.05, 4.69) is 9.97 Å². The van der Waals surface area contributed by atoms with Crippen LogP contribution in [-0.2, 0) is 22.6 Å². The number of amides is 2. The highest BCUT2D eigenvalue weighted by Crippen LogP contribution is 2.30. The van der Waals surface area contributed by atoms with E-state index in [0.717, 1.165) is 28.0 Å². The van der Waals surface area contributed by atoms with E-state index in [-0.39, 0.29) is 23.8 Å². The number of H-pyrrole nitrogens is 1. The van der Waals surface area contributed by atoms with E-state index < -0.39 is 0 Å². The fourth-order valence-corrected chi connectivity index (χ4v) is 4.32. The number of nitrogens with one attached hydrogen (secondary N) is 1. The summed E-state index contributed by atoms with van der Waals surface area (Å²) in [4.78, 5) is 43.6. The molecule has 0 aliphatic carbocycles. The molecule has 8 nitrogen and oxygen atoms in total. The second-order valence-electron chi connectivity index (χ2n) is 9.29. The molecule has 4 rings (SSSR count). The van der Waals surface area contributed by atoms with Crippen LogP contribution in [0.15, 0.2) is 36.5 Å². The molecule has 1 saturated heterocycles. The van der Waals surface area contributed by atoms with Crippen molar-refractivity contribution in [3.63, 3.8) is 0 Å². The van der Waals surface area contributed by atoms with Gasteiger partial charge in [-0.3, -0.25) is 9.59 Å². The van der Waals surface area contributed by atoms with E-state index >= 15 is 0 Å². The average molecular weight is 449 g/mol. The van der Waals surface area contributed by atoms with Gasteiger partial charge in [-0.05, 0) is 25.5 Å². The van der Waals surface area contributed by atoms with Crippen molar-refractivity contribution in [1.29, 1.82) is 0 Å². The Morgan fingerprint density at radius 2 is 1.97 bits per heavy atom. The molecule has 1 aromatic carbocycles. The highest BCUT2D eigenvalue weighted by Gasteiger charge is 2.33. The maximum atomic E-state index is 13.0. The van der Waals surface area contributed by atoms with Gasteiger partial charge in [0.15, 0.2) is 0 Å². The van der Waals surface area contributed by atoms with Crippen molar-refractivity contribution < 1.29 is 9.59 Å². The quantitative estimate of drug-likeness (QED) is 0.601. The lowest BCUT2D eigenvalue weighted by Gasteiger charge is -2.22. The molecule has 0 spiro atoms. The molecular formula is C25H32N6O2. The summed E-state index contributed by atoms with van der Waals surface area (Å²) in [6, 6.07) is 10.1. The van der Waals surface area contributed by atoms with E-state index in [1.165, 1.54) is 0 Å². The molecule has 3 aromatic rings. The van der Waals surface area contributed by atoms with Gasteiger partial charge in [0, 0.05) is 69.2 Å². The second-order valence-corrected chi connectivity index (χ2v) is 9.29. The Morgan fingerprint density at radius 3 is 2.67 bits per heavy atom. The summed E-state index contributed by atoms with van der Waals surface area (Å²) in [7, 11) is 5.64. The molecule has 1 aliphatic rings. The topological polar surface area (TPSA) is 85.4 Å². The van der Waals surface area contributed by atoms with Gasteiger partial charge in [0.1, 0.15) is 11.6 Å². The van der Waals surface area contributed by atoms with Crippen LogP contribution in [0.5, 0.6) is 0 Å². The van der Waals surface area contributed by atoms with E-state index in [9.17, 15) is 9.59 Å². The predicted molar refractivity (Wildman–Crippen MR) is 129 cm³/mol. The van der Waals surface area contributed by atoms with Crippen LogP contribution >= 0.6 is 0 Å². The van der Waals surface area contributed by atoms with E-state index in [1.54, 1.807) is 11.9 Å². The first-order valence-electron chi connectivity index (χ1n) is 11.4. The van der Waals surface area contributed by atoms with Crippen LogP contribution in [0, 0.1) is 0 Å². The van der Waals surface area contributed by atoms with Crippen molar-refractivity contribution in [1.82, 2.24) is 24.8 Å². The third-order valence-electron chi connectivity index (χ3n) is 6.26. The first-order valence-corrected chi connectivity index (χ1v) is 11.4. The maximum absolute atomic E-state index is 13.0. The molecule has 0 saturated carbocycles. The number of hydrogen-bond donors (Lipinski definition) is 1. The Kier molecular flexibility index (Phi) is 6.35. The number of aromatic amines is 1. The summed E-state index contributed by atoms with van der Waals surface area (Å²) >= 11 is 0. The van der Waals surface area contributed by atoms with Gasteiger partial charge in [-0.25, -0.2) is 9.97 Å². The summed E-state index contributed by atoms with van der Waals surface area (Å²) < 4.78 is 0. The van der Waals surface area contributed by atoms with Crippen LogP contribution in [0.3, 0.4) is 0 Å². The number of likely N-dealkylation sites (N-methyl/N-ethyl adjacent to an activating group) is 1. The lowest BCUT2D eigenvalue weighted by molar-refractivity contribution is -0.130. The van der Waals surface area contributed by atoms with Gasteiger partial charge in [0.05, 0.1) is 18.7 Å². The number of aromatic nitrogens is 3. The van der Waals surface area contributed by atoms with Crippen molar-refractivity contribution in [3.8, 4) is 0 Å². The Balaban J connectivity index is 1.52. The molecule has 174 valence electrons. The SMILES string of the molecule is CC(C)N1CC(c2cc(N(C)C)nc(CN(C)C(=O)Cc3c[nH]c4ccccc34)n2)CC1=O. The van der Waals surface area contributed by atoms with Crippen molar-refractivity contribution in [3.05, 3.63) is 53.6 Å². The second kappa shape index (κ2) is 9.21. The first kappa shape index (κ1) is 22.8. The van der Waals surface area contributed by atoms with Gasteiger partial charge in [0.25, 0.3) is 0 Å². The first-order chi connectivity index (χ1) is 15.7. The Morgan fingerprint density at radius 1 is 1.21 bits per heavy atom. The zero-order valence-corrected chi connectivity index (χ0v) is 20.0. The van der Waals surface area contributed by atoms with Gasteiger partial charge in [-0.2, -0.15) is 0 Å². The minimum atomic E-state index is 0.00202. The van der Waals surface area contributed by atoms with Gasteiger partial charge in [0.2, 0.25) is 11.8 Å². The van der Waals surface area contributed by atoms with Crippen molar-refractivity contribution >= 4 is 28.5 Å². The molecule has 3 heterocycles. The van der Waals surface area contributed by atoms with Crippen LogP contribution in [0.2, 0.25) is 0 Å². The van der Waals surface area contributed by atoms with Crippen molar-refractivity contribution in [2.45, 2.75) is 45.2 Å². The number of carbonyl (C=O) groups is 2. The number of fused-ring (bicyclic) bond motifs is 1. The molecule has 0 radical (unpaired) electrons. The largest absolute Gasteiger partial charge is 0.363 e. The van der Waals surface area contributed by atoms with Gasteiger partial charge in [-0.1, -0.05) is 18.2 Å². The molecular weight excluding hydrogens is 416 g/mol. The molecule has 1 N–H and O–H groups in total. The molecule has 1 unspecified atom stereocenters. The third kappa shape index (κ3) is 4.84. The zero-order chi connectivity index (χ0) is 23.7. The molecule has 0 bridgehead atoms. The van der Waals surface area contributed by atoms with Gasteiger partial charge in [-0.15, -0.1) is 0 Å². The summed E-state index contributed by atoms with van der Waals surface area (Å²) in [5.41, 5.74) is 2.86. The van der Waals surface area contributed by atoms with E-state index in [1.807, 2.05) is 74.3 Å². The standard InChI is InChI=1S/C25H32N6O2/c1-16(2)31-14-18(11-25(31)33)21-12-23(29(3)4)28-22(27-21)15-30(5)24(32)10-17-13-26-20-9-7-6-8-19(17)20/h6-9,12-13,16,18,26H,10-11,14-15H2,1-5H3. The highest BCUT2D eigenvalue weighted by molar-refractivity contribution is 5.88. The van der Waals surface area contributed by atoms with E-state index in [0.29, 0.717) is 31.8 Å². The monoisotopic (exact) mass is 448 g/mol. The van der Waals surface area contributed by atoms with Crippen LogP contribution in [0.4, 0.5) is 5.82 Å². The van der Waals surface area contributed by atoms with E-state index in [4.69, 9.17) is 4.98 Å². The Bertz CT molecular complexity index is 1170. The van der Waals surface area contributed by atoms with Crippen LogP contribution < -0.4 is 4.90 Å². The molecule has 2 aromatic heterocycles. The van der Waals surface area contributed by atoms with Crippen molar-refractivity contribution in [2.24, 2.45) is 0 Å². The molecule has 33 heavy (non-hydrogen) atoms. The molecule has 1 atom stereocenters. The smallest absolute Gasteiger partial charge is 0.227 e. The van der Waals surface area contributed by atoms with Crippen LogP contribution in [0.1, 0.15) is 43.3 Å². The van der Waals surface area contributed by atoms with Gasteiger partial charge >= 0.3 is 0 Å². The molecule has 2 amide bonds. The zero-order valence-electron chi connectivity index (χ0n) is 20.0. The van der Waals surface area contributed by atoms with Crippen LogP contribution in [0.25, 0.3) is 10.9 Å². The van der Waals surface area contributed by atoms with Crippen LogP contribution in [-0.4, -0.2) is 70.3 Å². The normalized spacial score (nSPS) is 16.1. The number of anilines is 1. The summed E-state index contributed by atoms with van der Waals surface area (Å²) in [6.07, 6.45) is 2.66. The van der Waals surface area contributed by atoms with Crippen molar-refractivity contribution in [2.75, 3.05) is 32.6 Å². The molecule has 1 fully saturated rings. The minimum Gasteiger partial charge on any atom is -0.363 e. The minimum absolute atomic E-state index is 0.00202. The van der Waals surface area contributed by atoms with Gasteiger partial charge < -0.3 is 19.7 Å². The fraction of sp³-hybridized carbons (Fsp3) is 0.440. The number of para-hydroxylation sites is 1. The molecule has 8 heteroatoms. The third-order valence-corrected chi connectivity index (χ3v) is 6.26. The number of likely N-dealkylation sites (tertiary alicyclic amines) is 1. The lowest BCUT2D eigenvalue weighted by atomic mass is 10.0. The Hall–Kier alpha value is -3.42. The summed E-state index contributed by atoms with van der Waals surface area (Å²) in [5, 5.41) is 1.06. The molecule has 1 aliphatic heterocycles. The number of benzene rings is 1. The summed E-state index contributed by atoms with van der Waals surface area (Å²) in [5.74, 6) is 1.56. The summed E-state index contributed by atoms with van der Waals surface area (Å²) in [6.45, 7) is 5.04. The predicted octanol–water partition coefficient (Wildman–Crippen LogP) is 2.95. The number of rotatable bonds is 7. The average Bonchev–Trinajstić information content (AvgIpc) is 3.37. The lowest BCUT2D eigenvalue weighted by Crippen LogP contribution is -2.32. The Labute approximate surface area is 194 Å². The number of hydrogen-bond acceptors (Lipinski definition) is 5.